The molecular weight excluding hydrogens is 324 g/mol. The van der Waals surface area contributed by atoms with Gasteiger partial charge >= 0.3 is 0 Å². The largest absolute Gasteiger partial charge is 0.475 e. The van der Waals surface area contributed by atoms with E-state index in [9.17, 15) is 5.11 Å². The van der Waals surface area contributed by atoms with E-state index in [4.69, 9.17) is 4.74 Å². The Balaban J connectivity index is 1.60. The van der Waals surface area contributed by atoms with Crippen LogP contribution < -0.4 is 4.74 Å². The molecule has 0 aliphatic rings. The van der Waals surface area contributed by atoms with E-state index in [-0.39, 0.29) is 6.61 Å². The summed E-state index contributed by atoms with van der Waals surface area (Å²) in [5.41, 5.74) is 2.45. The maximum absolute atomic E-state index is 10.4. The van der Waals surface area contributed by atoms with Gasteiger partial charge in [0, 0.05) is 31.9 Å². The molecule has 0 amide bonds. The van der Waals surface area contributed by atoms with E-state index < -0.39 is 6.10 Å². The van der Waals surface area contributed by atoms with Crippen molar-refractivity contribution in [2.75, 3.05) is 13.2 Å². The average Bonchev–Trinajstić information content (AvgIpc) is 2.69. The van der Waals surface area contributed by atoms with Crippen LogP contribution in [0.1, 0.15) is 11.1 Å². The third kappa shape index (κ3) is 5.99. The molecule has 26 heavy (non-hydrogen) atoms. The van der Waals surface area contributed by atoms with Gasteiger partial charge in [-0.3, -0.25) is 4.90 Å². The Morgan fingerprint density at radius 3 is 1.92 bits per heavy atom. The zero-order chi connectivity index (χ0) is 18.0. The molecule has 3 aromatic rings. The summed E-state index contributed by atoms with van der Waals surface area (Å²) in [4.78, 5) is 6.35. The maximum Gasteiger partial charge on any atom is 0.213 e. The number of pyridine rings is 1. The number of aliphatic hydroxyl groups is 1. The van der Waals surface area contributed by atoms with Gasteiger partial charge in [-0.2, -0.15) is 0 Å². The second-order valence-electron chi connectivity index (χ2n) is 6.27. The minimum absolute atomic E-state index is 0.219. The van der Waals surface area contributed by atoms with Crippen LogP contribution >= 0.6 is 0 Å². The van der Waals surface area contributed by atoms with Crippen molar-refractivity contribution in [2.24, 2.45) is 0 Å². The van der Waals surface area contributed by atoms with Gasteiger partial charge in [0.2, 0.25) is 5.88 Å². The van der Waals surface area contributed by atoms with Crippen molar-refractivity contribution in [3.8, 4) is 5.88 Å². The third-order valence-electron chi connectivity index (χ3n) is 4.03. The lowest BCUT2D eigenvalue weighted by molar-refractivity contribution is 0.0613. The minimum atomic E-state index is -0.593. The summed E-state index contributed by atoms with van der Waals surface area (Å²) in [6.45, 7) is 2.29. The van der Waals surface area contributed by atoms with Gasteiger partial charge in [-0.05, 0) is 17.2 Å². The highest BCUT2D eigenvalue weighted by Crippen LogP contribution is 2.11. The summed E-state index contributed by atoms with van der Waals surface area (Å²) in [7, 11) is 0. The number of hydrogen-bond donors (Lipinski definition) is 1. The summed E-state index contributed by atoms with van der Waals surface area (Å²) < 4.78 is 5.58. The predicted molar refractivity (Wildman–Crippen MR) is 103 cm³/mol. The van der Waals surface area contributed by atoms with Crippen LogP contribution in [0.15, 0.2) is 85.1 Å². The van der Waals surface area contributed by atoms with Crippen LogP contribution in [0.2, 0.25) is 0 Å². The van der Waals surface area contributed by atoms with Crippen molar-refractivity contribution in [3.63, 3.8) is 0 Å². The molecule has 0 spiro atoms. The molecule has 1 atom stereocenters. The highest BCUT2D eigenvalue weighted by atomic mass is 16.5. The van der Waals surface area contributed by atoms with Gasteiger partial charge in [-0.25, -0.2) is 4.98 Å². The molecule has 2 aromatic carbocycles. The van der Waals surface area contributed by atoms with Crippen LogP contribution in [0.3, 0.4) is 0 Å². The van der Waals surface area contributed by atoms with Crippen molar-refractivity contribution in [1.29, 1.82) is 0 Å². The maximum atomic E-state index is 10.4. The Kier molecular flexibility index (Phi) is 6.76. The van der Waals surface area contributed by atoms with E-state index in [1.165, 1.54) is 11.1 Å². The average molecular weight is 348 g/mol. The summed E-state index contributed by atoms with van der Waals surface area (Å²) in [6.07, 6.45) is 1.09. The zero-order valence-corrected chi connectivity index (χ0v) is 14.7. The fraction of sp³-hybridized carbons (Fsp3) is 0.227. The summed E-state index contributed by atoms with van der Waals surface area (Å²) in [6, 6.07) is 26.1. The molecule has 0 aliphatic carbocycles. The molecule has 0 saturated carbocycles. The molecule has 4 heteroatoms. The van der Waals surface area contributed by atoms with Gasteiger partial charge in [0.25, 0.3) is 0 Å². The number of hydrogen-bond acceptors (Lipinski definition) is 4. The van der Waals surface area contributed by atoms with E-state index in [1.54, 1.807) is 12.3 Å². The smallest absolute Gasteiger partial charge is 0.213 e. The molecule has 134 valence electrons. The second-order valence-corrected chi connectivity index (χ2v) is 6.27. The van der Waals surface area contributed by atoms with E-state index >= 15 is 0 Å². The van der Waals surface area contributed by atoms with Crippen LogP contribution in [-0.4, -0.2) is 34.2 Å². The fourth-order valence-corrected chi connectivity index (χ4v) is 2.83. The van der Waals surface area contributed by atoms with Crippen LogP contribution in [-0.2, 0) is 13.1 Å². The second kappa shape index (κ2) is 9.70. The standard InChI is InChI=1S/C22H24N2O2/c25-21(18-26-22-13-7-8-14-23-22)17-24(15-19-9-3-1-4-10-19)16-20-11-5-2-6-12-20/h1-14,21,25H,15-18H2. The van der Waals surface area contributed by atoms with E-state index in [0.29, 0.717) is 12.4 Å². The van der Waals surface area contributed by atoms with Gasteiger partial charge in [0.1, 0.15) is 12.7 Å². The quantitative estimate of drug-likeness (QED) is 0.643. The van der Waals surface area contributed by atoms with Crippen molar-refractivity contribution >= 4 is 0 Å². The van der Waals surface area contributed by atoms with Gasteiger partial charge in [0.15, 0.2) is 0 Å². The number of nitrogens with zero attached hydrogens (tertiary/aromatic N) is 2. The highest BCUT2D eigenvalue weighted by Gasteiger charge is 2.14. The highest BCUT2D eigenvalue weighted by molar-refractivity contribution is 5.17. The first-order valence-corrected chi connectivity index (χ1v) is 8.82. The van der Waals surface area contributed by atoms with E-state index in [2.05, 4.69) is 34.1 Å². The monoisotopic (exact) mass is 348 g/mol. The first-order valence-electron chi connectivity index (χ1n) is 8.82. The summed E-state index contributed by atoms with van der Waals surface area (Å²) in [5.74, 6) is 0.532. The molecule has 0 fully saturated rings. The Labute approximate surface area is 154 Å². The van der Waals surface area contributed by atoms with Crippen LogP contribution in [0.25, 0.3) is 0 Å². The molecule has 0 radical (unpaired) electrons. The van der Waals surface area contributed by atoms with Crippen LogP contribution in [0, 0.1) is 0 Å². The molecule has 0 aliphatic heterocycles. The van der Waals surface area contributed by atoms with Gasteiger partial charge in [0.05, 0.1) is 0 Å². The lowest BCUT2D eigenvalue weighted by atomic mass is 10.1. The number of benzene rings is 2. The van der Waals surface area contributed by atoms with Gasteiger partial charge in [-0.1, -0.05) is 66.7 Å². The molecule has 1 heterocycles. The molecule has 0 bridgehead atoms. The Morgan fingerprint density at radius 2 is 1.38 bits per heavy atom. The molecule has 4 nitrogen and oxygen atoms in total. The summed E-state index contributed by atoms with van der Waals surface area (Å²) >= 11 is 0. The predicted octanol–water partition coefficient (Wildman–Crippen LogP) is 3.52. The van der Waals surface area contributed by atoms with E-state index in [0.717, 1.165) is 13.1 Å². The molecule has 1 aromatic heterocycles. The summed E-state index contributed by atoms with van der Waals surface area (Å²) in [5, 5.41) is 10.4. The SMILES string of the molecule is OC(COc1ccccn1)CN(Cc1ccccc1)Cc1ccccc1. The first kappa shape index (κ1) is 18.1. The van der Waals surface area contributed by atoms with Crippen molar-refractivity contribution in [2.45, 2.75) is 19.2 Å². The molecule has 1 unspecified atom stereocenters. The van der Waals surface area contributed by atoms with Gasteiger partial charge in [-0.15, -0.1) is 0 Å². The lowest BCUT2D eigenvalue weighted by Gasteiger charge is -2.25. The van der Waals surface area contributed by atoms with Crippen molar-refractivity contribution < 1.29 is 9.84 Å². The molecule has 1 N–H and O–H groups in total. The minimum Gasteiger partial charge on any atom is -0.475 e. The molecule has 0 saturated heterocycles. The van der Waals surface area contributed by atoms with E-state index in [1.807, 2.05) is 48.5 Å². The van der Waals surface area contributed by atoms with Crippen molar-refractivity contribution in [3.05, 3.63) is 96.2 Å². The topological polar surface area (TPSA) is 45.6 Å². The Morgan fingerprint density at radius 1 is 0.808 bits per heavy atom. The number of aromatic nitrogens is 1. The normalized spacial score (nSPS) is 12.1. The zero-order valence-electron chi connectivity index (χ0n) is 14.7. The molecular formula is C22H24N2O2. The van der Waals surface area contributed by atoms with Crippen LogP contribution in [0.5, 0.6) is 5.88 Å². The van der Waals surface area contributed by atoms with Crippen molar-refractivity contribution in [1.82, 2.24) is 9.88 Å². The Bertz CT molecular complexity index is 709. The number of aliphatic hydroxyl groups excluding tert-OH is 1. The fourth-order valence-electron chi connectivity index (χ4n) is 2.83. The first-order chi connectivity index (χ1) is 12.8. The third-order valence-corrected chi connectivity index (χ3v) is 4.03. The molecule has 3 rings (SSSR count). The number of rotatable bonds is 9. The van der Waals surface area contributed by atoms with Gasteiger partial charge < -0.3 is 9.84 Å². The Hall–Kier alpha value is -2.69. The lowest BCUT2D eigenvalue weighted by Crippen LogP contribution is -2.35. The van der Waals surface area contributed by atoms with Crippen LogP contribution in [0.4, 0.5) is 0 Å². The number of ether oxygens (including phenoxy) is 1.